The van der Waals surface area contributed by atoms with Gasteiger partial charge in [0.25, 0.3) is 5.91 Å². The average Bonchev–Trinajstić information content (AvgIpc) is 3.35. The first kappa shape index (κ1) is 14.6. The topological polar surface area (TPSA) is 38.1 Å². The molecule has 0 saturated heterocycles. The molecule has 1 aromatic heterocycles. The lowest BCUT2D eigenvalue weighted by molar-refractivity contribution is 0.0690. The molecule has 1 aliphatic heterocycles. The fourth-order valence-electron chi connectivity index (χ4n) is 3.71. The summed E-state index contributed by atoms with van der Waals surface area (Å²) >= 11 is 0. The number of hydrogen-bond donors (Lipinski definition) is 0. The minimum atomic E-state index is -0.264. The van der Waals surface area contributed by atoms with E-state index in [4.69, 9.17) is 0 Å². The van der Waals surface area contributed by atoms with Crippen LogP contribution in [0.3, 0.4) is 0 Å². The maximum absolute atomic E-state index is 13.7. The van der Waals surface area contributed by atoms with Gasteiger partial charge in [0.2, 0.25) is 0 Å². The molecule has 5 rings (SSSR count). The molecule has 0 unspecified atom stereocenters. The minimum Gasteiger partial charge on any atom is -0.334 e. The van der Waals surface area contributed by atoms with E-state index in [1.807, 2.05) is 33.7 Å². The molecule has 1 saturated carbocycles. The van der Waals surface area contributed by atoms with Crippen molar-refractivity contribution >= 4 is 16.9 Å². The van der Waals surface area contributed by atoms with E-state index in [2.05, 4.69) is 4.98 Å². The van der Waals surface area contributed by atoms with E-state index in [0.717, 1.165) is 35.2 Å². The second-order valence-corrected chi connectivity index (χ2v) is 6.97. The second kappa shape index (κ2) is 5.41. The first-order valence-corrected chi connectivity index (χ1v) is 8.75. The Hall–Kier alpha value is -2.69. The molecule has 1 aliphatic carbocycles. The van der Waals surface area contributed by atoms with Crippen LogP contribution in [0.15, 0.2) is 42.5 Å². The van der Waals surface area contributed by atoms with Crippen molar-refractivity contribution in [1.82, 2.24) is 14.5 Å². The van der Waals surface area contributed by atoms with Crippen LogP contribution in [0.1, 0.15) is 23.5 Å². The molecule has 0 N–H and O–H groups in total. The standard InChI is InChI=1S/C20H18FN3O/c21-15-4-1-3-14(11-15)16-5-2-6-17-18(16)24-10-9-23(12-13-7-8-13)20(25)19(24)22-17/h1-6,11,13H,7-10,12H2. The summed E-state index contributed by atoms with van der Waals surface area (Å²) in [6.45, 7) is 2.29. The Morgan fingerprint density at radius 3 is 2.76 bits per heavy atom. The molecule has 5 heteroatoms. The van der Waals surface area contributed by atoms with E-state index in [9.17, 15) is 9.18 Å². The quantitative estimate of drug-likeness (QED) is 0.732. The predicted molar refractivity (Wildman–Crippen MR) is 93.8 cm³/mol. The number of halogens is 1. The van der Waals surface area contributed by atoms with E-state index in [0.29, 0.717) is 18.3 Å². The molecule has 0 atom stereocenters. The maximum atomic E-state index is 13.7. The highest BCUT2D eigenvalue weighted by molar-refractivity contribution is 6.00. The zero-order chi connectivity index (χ0) is 17.0. The Labute approximate surface area is 144 Å². The normalized spacial score (nSPS) is 17.2. The van der Waals surface area contributed by atoms with Gasteiger partial charge < -0.3 is 9.47 Å². The summed E-state index contributed by atoms with van der Waals surface area (Å²) in [7, 11) is 0. The lowest BCUT2D eigenvalue weighted by atomic mass is 10.0. The molecule has 2 aliphatic rings. The lowest BCUT2D eigenvalue weighted by Gasteiger charge is -2.28. The molecular weight excluding hydrogens is 317 g/mol. The van der Waals surface area contributed by atoms with Crippen molar-refractivity contribution in [3.8, 4) is 11.1 Å². The summed E-state index contributed by atoms with van der Waals surface area (Å²) in [4.78, 5) is 19.4. The molecule has 0 radical (unpaired) electrons. The summed E-state index contributed by atoms with van der Waals surface area (Å²) < 4.78 is 15.7. The zero-order valence-electron chi connectivity index (χ0n) is 13.8. The molecule has 126 valence electrons. The van der Waals surface area contributed by atoms with Crippen LogP contribution >= 0.6 is 0 Å². The zero-order valence-corrected chi connectivity index (χ0v) is 13.8. The van der Waals surface area contributed by atoms with E-state index in [1.165, 1.54) is 25.0 Å². The van der Waals surface area contributed by atoms with Crippen LogP contribution in [0.5, 0.6) is 0 Å². The molecule has 1 fully saturated rings. The van der Waals surface area contributed by atoms with Crippen molar-refractivity contribution in [1.29, 1.82) is 0 Å². The number of benzene rings is 2. The van der Waals surface area contributed by atoms with Gasteiger partial charge in [-0.2, -0.15) is 0 Å². The number of imidazole rings is 1. The van der Waals surface area contributed by atoms with Gasteiger partial charge in [0.05, 0.1) is 11.0 Å². The fraction of sp³-hybridized carbons (Fsp3) is 0.300. The Bertz CT molecular complexity index is 990. The Kier molecular flexibility index (Phi) is 3.17. The molecule has 3 aromatic rings. The number of aromatic nitrogens is 2. The fourth-order valence-corrected chi connectivity index (χ4v) is 3.71. The largest absolute Gasteiger partial charge is 0.334 e. The summed E-state index contributed by atoms with van der Waals surface area (Å²) in [6, 6.07) is 12.4. The van der Waals surface area contributed by atoms with Crippen molar-refractivity contribution in [2.45, 2.75) is 19.4 Å². The number of fused-ring (bicyclic) bond motifs is 3. The molecule has 1 amide bonds. The second-order valence-electron chi connectivity index (χ2n) is 6.97. The Morgan fingerprint density at radius 2 is 1.96 bits per heavy atom. The number of hydrogen-bond acceptors (Lipinski definition) is 2. The molecule has 0 bridgehead atoms. The predicted octanol–water partition coefficient (Wildman–Crippen LogP) is 3.71. The summed E-state index contributed by atoms with van der Waals surface area (Å²) in [6.07, 6.45) is 2.45. The molecule has 2 aromatic carbocycles. The van der Waals surface area contributed by atoms with Gasteiger partial charge in [0.15, 0.2) is 5.82 Å². The number of rotatable bonds is 3. The van der Waals surface area contributed by atoms with Crippen LogP contribution in [0.25, 0.3) is 22.2 Å². The highest BCUT2D eigenvalue weighted by atomic mass is 19.1. The van der Waals surface area contributed by atoms with Crippen LogP contribution in [0.2, 0.25) is 0 Å². The summed E-state index contributed by atoms with van der Waals surface area (Å²) in [5.41, 5.74) is 3.43. The molecular formula is C20H18FN3O. The number of nitrogens with zero attached hydrogens (tertiary/aromatic N) is 3. The van der Waals surface area contributed by atoms with Gasteiger partial charge in [-0.1, -0.05) is 24.3 Å². The monoisotopic (exact) mass is 335 g/mol. The van der Waals surface area contributed by atoms with E-state index >= 15 is 0 Å². The van der Waals surface area contributed by atoms with Crippen molar-refractivity contribution < 1.29 is 9.18 Å². The number of para-hydroxylation sites is 1. The van der Waals surface area contributed by atoms with Crippen molar-refractivity contribution in [2.75, 3.05) is 13.1 Å². The smallest absolute Gasteiger partial charge is 0.289 e. The van der Waals surface area contributed by atoms with E-state index < -0.39 is 0 Å². The van der Waals surface area contributed by atoms with Gasteiger partial charge >= 0.3 is 0 Å². The van der Waals surface area contributed by atoms with Crippen LogP contribution in [-0.4, -0.2) is 33.4 Å². The first-order chi connectivity index (χ1) is 12.2. The lowest BCUT2D eigenvalue weighted by Crippen LogP contribution is -2.41. The van der Waals surface area contributed by atoms with Crippen LogP contribution < -0.4 is 0 Å². The Balaban J connectivity index is 1.64. The highest BCUT2D eigenvalue weighted by Gasteiger charge is 2.33. The summed E-state index contributed by atoms with van der Waals surface area (Å²) in [5.74, 6) is 0.924. The van der Waals surface area contributed by atoms with Crippen molar-refractivity contribution in [3.05, 3.63) is 54.1 Å². The summed E-state index contributed by atoms with van der Waals surface area (Å²) in [5, 5.41) is 0. The SMILES string of the molecule is O=C1c2nc3cccc(-c4cccc(F)c4)c3n2CCN1CC1CC1. The minimum absolute atomic E-state index is 0.0135. The van der Waals surface area contributed by atoms with E-state index in [-0.39, 0.29) is 11.7 Å². The van der Waals surface area contributed by atoms with Crippen LogP contribution in [0.4, 0.5) is 4.39 Å². The van der Waals surface area contributed by atoms with Gasteiger partial charge in [0, 0.05) is 25.2 Å². The molecule has 0 spiro atoms. The van der Waals surface area contributed by atoms with Gasteiger partial charge in [-0.25, -0.2) is 9.37 Å². The van der Waals surface area contributed by atoms with Crippen LogP contribution in [0, 0.1) is 11.7 Å². The van der Waals surface area contributed by atoms with Gasteiger partial charge in [0.1, 0.15) is 5.82 Å². The molecule has 2 heterocycles. The third-order valence-corrected chi connectivity index (χ3v) is 5.15. The van der Waals surface area contributed by atoms with Gasteiger partial charge in [-0.15, -0.1) is 0 Å². The highest BCUT2D eigenvalue weighted by Crippen LogP contribution is 2.33. The van der Waals surface area contributed by atoms with Gasteiger partial charge in [-0.3, -0.25) is 4.79 Å². The molecule has 4 nitrogen and oxygen atoms in total. The first-order valence-electron chi connectivity index (χ1n) is 8.75. The number of carbonyl (C=O) groups is 1. The van der Waals surface area contributed by atoms with Crippen LogP contribution in [-0.2, 0) is 6.54 Å². The number of amides is 1. The maximum Gasteiger partial charge on any atom is 0.289 e. The number of carbonyl (C=O) groups excluding carboxylic acids is 1. The third-order valence-electron chi connectivity index (χ3n) is 5.15. The van der Waals surface area contributed by atoms with Crippen molar-refractivity contribution in [3.63, 3.8) is 0 Å². The third kappa shape index (κ3) is 2.42. The molecule has 25 heavy (non-hydrogen) atoms. The van der Waals surface area contributed by atoms with Gasteiger partial charge in [-0.05, 0) is 42.5 Å². The van der Waals surface area contributed by atoms with Crippen molar-refractivity contribution in [2.24, 2.45) is 5.92 Å². The van der Waals surface area contributed by atoms with E-state index in [1.54, 1.807) is 6.07 Å². The Morgan fingerprint density at radius 1 is 1.12 bits per heavy atom. The average molecular weight is 335 g/mol.